The van der Waals surface area contributed by atoms with E-state index in [1.54, 1.807) is 0 Å². The maximum atomic E-state index is 4.45. The minimum absolute atomic E-state index is 0.574. The van der Waals surface area contributed by atoms with Crippen LogP contribution in [0.4, 0.5) is 0 Å². The molecule has 1 aromatic heterocycles. The van der Waals surface area contributed by atoms with Gasteiger partial charge < -0.3 is 10.6 Å². The number of rotatable bonds is 10. The van der Waals surface area contributed by atoms with Gasteiger partial charge in [-0.2, -0.15) is 5.10 Å². The smallest absolute Gasteiger partial charge is 0.191 e. The average Bonchev–Trinajstić information content (AvgIpc) is 3.11. The number of nitrogens with zero attached hydrogens (tertiary/aromatic N) is 4. The van der Waals surface area contributed by atoms with Crippen LogP contribution in [0.25, 0.3) is 0 Å². The summed E-state index contributed by atoms with van der Waals surface area (Å²) in [5, 5.41) is 11.2. The number of aliphatic imine (C=N–C) groups is 1. The minimum atomic E-state index is 0.574. The fraction of sp³-hybridized carbons (Fsp3) is 0.545. The van der Waals surface area contributed by atoms with Crippen molar-refractivity contribution in [3.05, 3.63) is 53.9 Å². The lowest BCUT2D eigenvalue weighted by atomic mass is 10.2. The van der Waals surface area contributed by atoms with E-state index in [1.807, 2.05) is 24.0 Å². The SMILES string of the molecule is CN=C(NCCCN(C(C)C)C(C)C)NCc1cnn(Cc2ccccc2)c1. The van der Waals surface area contributed by atoms with Crippen molar-refractivity contribution in [3.63, 3.8) is 0 Å². The van der Waals surface area contributed by atoms with Gasteiger partial charge in [-0.25, -0.2) is 0 Å². The molecule has 28 heavy (non-hydrogen) atoms. The maximum Gasteiger partial charge on any atom is 0.191 e. The van der Waals surface area contributed by atoms with Crippen molar-refractivity contribution >= 4 is 5.96 Å². The number of nitrogens with one attached hydrogen (secondary N) is 2. The van der Waals surface area contributed by atoms with Gasteiger partial charge >= 0.3 is 0 Å². The molecule has 1 heterocycles. The van der Waals surface area contributed by atoms with Crippen LogP contribution in [0.3, 0.4) is 0 Å². The number of aromatic nitrogens is 2. The summed E-state index contributed by atoms with van der Waals surface area (Å²) in [4.78, 5) is 6.83. The van der Waals surface area contributed by atoms with Crippen LogP contribution < -0.4 is 10.6 Å². The molecular formula is C22H36N6. The molecule has 0 aliphatic rings. The van der Waals surface area contributed by atoms with E-state index < -0.39 is 0 Å². The Kier molecular flexibility index (Phi) is 9.01. The van der Waals surface area contributed by atoms with Crippen LogP contribution in [0.15, 0.2) is 47.7 Å². The van der Waals surface area contributed by atoms with Crippen molar-refractivity contribution in [1.82, 2.24) is 25.3 Å². The van der Waals surface area contributed by atoms with Crippen molar-refractivity contribution in [2.45, 2.75) is 59.3 Å². The van der Waals surface area contributed by atoms with E-state index in [1.165, 1.54) is 5.56 Å². The first-order valence-electron chi connectivity index (χ1n) is 10.2. The van der Waals surface area contributed by atoms with Crippen LogP contribution >= 0.6 is 0 Å². The van der Waals surface area contributed by atoms with Crippen LogP contribution in [0, 0.1) is 0 Å². The van der Waals surface area contributed by atoms with Gasteiger partial charge in [-0.3, -0.25) is 14.6 Å². The summed E-state index contributed by atoms with van der Waals surface area (Å²) in [5.41, 5.74) is 2.39. The molecule has 0 fully saturated rings. The Hall–Kier alpha value is -2.34. The van der Waals surface area contributed by atoms with Crippen molar-refractivity contribution in [3.8, 4) is 0 Å². The van der Waals surface area contributed by atoms with E-state index in [9.17, 15) is 0 Å². The highest BCUT2D eigenvalue weighted by atomic mass is 15.3. The maximum absolute atomic E-state index is 4.45. The highest BCUT2D eigenvalue weighted by Gasteiger charge is 2.12. The summed E-state index contributed by atoms with van der Waals surface area (Å²) in [5.74, 6) is 0.830. The Morgan fingerprint density at radius 3 is 2.43 bits per heavy atom. The lowest BCUT2D eigenvalue weighted by molar-refractivity contribution is 0.173. The molecule has 0 saturated carbocycles. The van der Waals surface area contributed by atoms with Gasteiger partial charge in [0.25, 0.3) is 0 Å². The molecule has 6 heteroatoms. The van der Waals surface area contributed by atoms with E-state index in [0.717, 1.165) is 37.6 Å². The minimum Gasteiger partial charge on any atom is -0.356 e. The molecule has 0 atom stereocenters. The predicted molar refractivity (Wildman–Crippen MR) is 118 cm³/mol. The summed E-state index contributed by atoms with van der Waals surface area (Å²) in [7, 11) is 1.81. The third kappa shape index (κ3) is 7.35. The van der Waals surface area contributed by atoms with Gasteiger partial charge in [0, 0.05) is 50.5 Å². The Labute approximate surface area is 170 Å². The van der Waals surface area contributed by atoms with E-state index >= 15 is 0 Å². The van der Waals surface area contributed by atoms with E-state index in [2.05, 4.69) is 83.8 Å². The largest absolute Gasteiger partial charge is 0.356 e. The highest BCUT2D eigenvalue weighted by molar-refractivity contribution is 5.79. The lowest BCUT2D eigenvalue weighted by Crippen LogP contribution is -2.41. The number of guanidine groups is 1. The van der Waals surface area contributed by atoms with Crippen molar-refractivity contribution < 1.29 is 0 Å². The van der Waals surface area contributed by atoms with Crippen LogP contribution in [-0.4, -0.2) is 52.9 Å². The molecule has 0 amide bonds. The van der Waals surface area contributed by atoms with Crippen molar-refractivity contribution in [1.29, 1.82) is 0 Å². The van der Waals surface area contributed by atoms with Crippen molar-refractivity contribution in [2.75, 3.05) is 20.1 Å². The van der Waals surface area contributed by atoms with Gasteiger partial charge in [-0.1, -0.05) is 30.3 Å². The zero-order chi connectivity index (χ0) is 20.4. The molecule has 0 radical (unpaired) electrons. The highest BCUT2D eigenvalue weighted by Crippen LogP contribution is 2.05. The summed E-state index contributed by atoms with van der Waals surface area (Å²) in [6.45, 7) is 12.5. The first-order chi connectivity index (χ1) is 13.5. The average molecular weight is 385 g/mol. The van der Waals surface area contributed by atoms with Gasteiger partial charge in [0.2, 0.25) is 0 Å². The quantitative estimate of drug-likeness (QED) is 0.375. The Bertz CT molecular complexity index is 697. The molecule has 6 nitrogen and oxygen atoms in total. The molecule has 0 unspecified atom stereocenters. The summed E-state index contributed by atoms with van der Waals surface area (Å²) < 4.78 is 1.97. The number of hydrogen-bond donors (Lipinski definition) is 2. The van der Waals surface area contributed by atoms with Gasteiger partial charge in [0.05, 0.1) is 12.7 Å². The second-order valence-corrected chi connectivity index (χ2v) is 7.66. The zero-order valence-corrected chi connectivity index (χ0v) is 18.0. The molecular weight excluding hydrogens is 348 g/mol. The molecule has 154 valence electrons. The van der Waals surface area contributed by atoms with Crippen LogP contribution in [0.1, 0.15) is 45.2 Å². The molecule has 2 N–H and O–H groups in total. The zero-order valence-electron chi connectivity index (χ0n) is 18.0. The fourth-order valence-electron chi connectivity index (χ4n) is 3.34. The van der Waals surface area contributed by atoms with Crippen LogP contribution in [0.5, 0.6) is 0 Å². The lowest BCUT2D eigenvalue weighted by Gasteiger charge is -2.30. The number of hydrogen-bond acceptors (Lipinski definition) is 3. The molecule has 2 rings (SSSR count). The van der Waals surface area contributed by atoms with Gasteiger partial charge in [0.1, 0.15) is 0 Å². The summed E-state index contributed by atoms with van der Waals surface area (Å²) >= 11 is 0. The van der Waals surface area contributed by atoms with E-state index in [0.29, 0.717) is 18.6 Å². The molecule has 1 aromatic carbocycles. The fourth-order valence-corrected chi connectivity index (χ4v) is 3.34. The molecule has 0 saturated heterocycles. The predicted octanol–water partition coefficient (Wildman–Crippen LogP) is 3.11. The molecule has 0 aliphatic carbocycles. The standard InChI is InChI=1S/C22H36N6/c1-18(2)28(19(3)4)13-9-12-24-22(23-5)25-14-21-15-26-27(17-21)16-20-10-7-6-8-11-20/h6-8,10-11,15,17-19H,9,12-14,16H2,1-5H3,(H2,23,24,25). The third-order valence-corrected chi connectivity index (χ3v) is 4.77. The second kappa shape index (κ2) is 11.5. The van der Waals surface area contributed by atoms with E-state index in [4.69, 9.17) is 0 Å². The van der Waals surface area contributed by atoms with Crippen LogP contribution in [-0.2, 0) is 13.1 Å². The third-order valence-electron chi connectivity index (χ3n) is 4.77. The molecule has 2 aromatic rings. The number of benzene rings is 1. The first kappa shape index (κ1) is 22.0. The van der Waals surface area contributed by atoms with Crippen LogP contribution in [0.2, 0.25) is 0 Å². The van der Waals surface area contributed by atoms with Gasteiger partial charge in [-0.15, -0.1) is 0 Å². The molecule has 0 bridgehead atoms. The van der Waals surface area contributed by atoms with Gasteiger partial charge in [0.15, 0.2) is 5.96 Å². The van der Waals surface area contributed by atoms with Gasteiger partial charge in [-0.05, 0) is 39.7 Å². The Balaban J connectivity index is 1.72. The first-order valence-corrected chi connectivity index (χ1v) is 10.2. The normalized spacial score (nSPS) is 12.2. The Morgan fingerprint density at radius 2 is 1.79 bits per heavy atom. The summed E-state index contributed by atoms with van der Waals surface area (Å²) in [6, 6.07) is 11.5. The molecule has 0 spiro atoms. The molecule has 0 aliphatic heterocycles. The van der Waals surface area contributed by atoms with Crippen molar-refractivity contribution in [2.24, 2.45) is 4.99 Å². The topological polar surface area (TPSA) is 57.5 Å². The monoisotopic (exact) mass is 384 g/mol. The second-order valence-electron chi connectivity index (χ2n) is 7.66. The summed E-state index contributed by atoms with van der Waals surface area (Å²) in [6.07, 6.45) is 5.08. The van der Waals surface area contributed by atoms with E-state index in [-0.39, 0.29) is 0 Å². The Morgan fingerprint density at radius 1 is 1.07 bits per heavy atom.